The van der Waals surface area contributed by atoms with Crippen LogP contribution in [0.4, 0.5) is 0 Å². The third kappa shape index (κ3) is 6.60. The second kappa shape index (κ2) is 9.81. The summed E-state index contributed by atoms with van der Waals surface area (Å²) < 4.78 is 2.01. The molecule has 0 unspecified atom stereocenters. The van der Waals surface area contributed by atoms with Crippen molar-refractivity contribution in [3.05, 3.63) is 17.5 Å². The van der Waals surface area contributed by atoms with Gasteiger partial charge in [0.1, 0.15) is 6.54 Å². The Morgan fingerprint density at radius 3 is 2.55 bits per heavy atom. The number of nitrogens with one attached hydrogen (secondary N) is 3. The number of rotatable bonds is 8. The number of carbonyl (C=O) groups excluding carboxylic acids is 1. The van der Waals surface area contributed by atoms with Gasteiger partial charge in [-0.05, 0) is 40.2 Å². The van der Waals surface area contributed by atoms with E-state index in [9.17, 15) is 4.79 Å². The summed E-state index contributed by atoms with van der Waals surface area (Å²) in [7, 11) is 0. The first-order valence-electron chi connectivity index (χ1n) is 7.86. The molecule has 1 heterocycles. The number of carbonyl (C=O) groups is 1. The van der Waals surface area contributed by atoms with E-state index in [1.165, 1.54) is 5.69 Å². The first kappa shape index (κ1) is 18.0. The molecule has 1 aromatic heterocycles. The van der Waals surface area contributed by atoms with E-state index in [1.54, 1.807) is 0 Å². The van der Waals surface area contributed by atoms with Crippen molar-refractivity contribution in [2.45, 2.75) is 40.7 Å². The molecule has 1 amide bonds. The standard InChI is InChI=1S/C15H28N6O/c1-5-16-14(22)11-19-15(17-6-2)18-8-7-9-21-13(4)10-12(3)20-21/h10H,5-9,11H2,1-4H3,(H,16,22)(H2,17,18,19). The summed E-state index contributed by atoms with van der Waals surface area (Å²) in [6, 6.07) is 2.07. The van der Waals surface area contributed by atoms with Gasteiger partial charge in [0.15, 0.2) is 5.96 Å². The van der Waals surface area contributed by atoms with Crippen LogP contribution in [0.2, 0.25) is 0 Å². The van der Waals surface area contributed by atoms with E-state index in [0.717, 1.165) is 31.7 Å². The Hall–Kier alpha value is -2.05. The molecule has 0 saturated carbocycles. The highest BCUT2D eigenvalue weighted by Crippen LogP contribution is 2.02. The Labute approximate surface area is 132 Å². The molecule has 124 valence electrons. The first-order chi connectivity index (χ1) is 10.6. The molecule has 0 aliphatic carbocycles. The molecule has 0 saturated heterocycles. The lowest BCUT2D eigenvalue weighted by Crippen LogP contribution is -2.39. The lowest BCUT2D eigenvalue weighted by molar-refractivity contribution is -0.119. The number of aryl methyl sites for hydroxylation is 3. The van der Waals surface area contributed by atoms with E-state index in [2.05, 4.69) is 39.0 Å². The largest absolute Gasteiger partial charge is 0.357 e. The van der Waals surface area contributed by atoms with Crippen molar-refractivity contribution in [3.8, 4) is 0 Å². The molecule has 0 atom stereocenters. The lowest BCUT2D eigenvalue weighted by atomic mass is 10.4. The maximum atomic E-state index is 11.4. The Morgan fingerprint density at radius 1 is 1.23 bits per heavy atom. The number of guanidine groups is 1. The van der Waals surface area contributed by atoms with Crippen molar-refractivity contribution in [1.82, 2.24) is 25.7 Å². The fraction of sp³-hybridized carbons (Fsp3) is 0.667. The van der Waals surface area contributed by atoms with Crippen LogP contribution in [-0.4, -0.2) is 47.8 Å². The maximum absolute atomic E-state index is 11.4. The van der Waals surface area contributed by atoms with Gasteiger partial charge in [-0.15, -0.1) is 0 Å². The smallest absolute Gasteiger partial charge is 0.241 e. The topological polar surface area (TPSA) is 83.3 Å². The molecule has 7 heteroatoms. The molecule has 7 nitrogen and oxygen atoms in total. The molecule has 3 N–H and O–H groups in total. The van der Waals surface area contributed by atoms with Crippen LogP contribution in [0.5, 0.6) is 0 Å². The zero-order valence-electron chi connectivity index (χ0n) is 14.1. The minimum atomic E-state index is -0.0673. The Balaban J connectivity index is 2.36. The number of nitrogens with zero attached hydrogens (tertiary/aromatic N) is 3. The number of likely N-dealkylation sites (N-methyl/N-ethyl adjacent to an activating group) is 1. The summed E-state index contributed by atoms with van der Waals surface area (Å²) in [6.07, 6.45) is 0.938. The van der Waals surface area contributed by atoms with Crippen LogP contribution in [-0.2, 0) is 11.3 Å². The van der Waals surface area contributed by atoms with Gasteiger partial charge in [-0.25, -0.2) is 4.99 Å². The van der Waals surface area contributed by atoms with Gasteiger partial charge >= 0.3 is 0 Å². The molecule has 0 aromatic carbocycles. The van der Waals surface area contributed by atoms with Gasteiger partial charge in [-0.3, -0.25) is 9.48 Å². The van der Waals surface area contributed by atoms with Crippen LogP contribution in [0.15, 0.2) is 11.1 Å². The van der Waals surface area contributed by atoms with Crippen LogP contribution >= 0.6 is 0 Å². The van der Waals surface area contributed by atoms with Crippen molar-refractivity contribution in [1.29, 1.82) is 0 Å². The van der Waals surface area contributed by atoms with E-state index in [0.29, 0.717) is 12.5 Å². The minimum Gasteiger partial charge on any atom is -0.357 e. The average Bonchev–Trinajstić information content (AvgIpc) is 2.79. The highest BCUT2D eigenvalue weighted by atomic mass is 16.1. The second-order valence-corrected chi connectivity index (χ2v) is 5.08. The van der Waals surface area contributed by atoms with E-state index in [4.69, 9.17) is 0 Å². The zero-order valence-corrected chi connectivity index (χ0v) is 14.1. The quantitative estimate of drug-likeness (QED) is 0.373. The Kier molecular flexibility index (Phi) is 8.03. The number of aliphatic imine (C=N–C) groups is 1. The monoisotopic (exact) mass is 308 g/mol. The highest BCUT2D eigenvalue weighted by molar-refractivity contribution is 5.84. The van der Waals surface area contributed by atoms with Gasteiger partial charge in [0.05, 0.1) is 5.69 Å². The second-order valence-electron chi connectivity index (χ2n) is 5.08. The summed E-state index contributed by atoms with van der Waals surface area (Å²) >= 11 is 0. The van der Waals surface area contributed by atoms with Crippen molar-refractivity contribution in [3.63, 3.8) is 0 Å². The third-order valence-electron chi connectivity index (χ3n) is 3.04. The number of aromatic nitrogens is 2. The summed E-state index contributed by atoms with van der Waals surface area (Å²) in [5.41, 5.74) is 2.22. The molecular formula is C15H28N6O. The molecular weight excluding hydrogens is 280 g/mol. The molecule has 0 aliphatic heterocycles. The zero-order chi connectivity index (χ0) is 16.4. The molecule has 0 spiro atoms. The summed E-state index contributed by atoms with van der Waals surface area (Å²) in [5, 5.41) is 13.5. The van der Waals surface area contributed by atoms with Crippen molar-refractivity contribution in [2.24, 2.45) is 4.99 Å². The van der Waals surface area contributed by atoms with Gasteiger partial charge in [0.25, 0.3) is 0 Å². The van der Waals surface area contributed by atoms with Crippen LogP contribution in [0.1, 0.15) is 31.7 Å². The van der Waals surface area contributed by atoms with Crippen molar-refractivity contribution >= 4 is 11.9 Å². The SMILES string of the molecule is CCNC(=O)CN=C(NCC)NCCCn1nc(C)cc1C. The van der Waals surface area contributed by atoms with E-state index < -0.39 is 0 Å². The van der Waals surface area contributed by atoms with Gasteiger partial charge in [-0.1, -0.05) is 0 Å². The minimum absolute atomic E-state index is 0.0673. The molecule has 1 aromatic rings. The lowest BCUT2D eigenvalue weighted by Gasteiger charge is -2.11. The van der Waals surface area contributed by atoms with E-state index >= 15 is 0 Å². The predicted molar refractivity (Wildman–Crippen MR) is 89.0 cm³/mol. The van der Waals surface area contributed by atoms with Crippen molar-refractivity contribution < 1.29 is 4.79 Å². The Bertz CT molecular complexity index is 494. The molecule has 0 aliphatic rings. The summed E-state index contributed by atoms with van der Waals surface area (Å²) in [4.78, 5) is 15.7. The van der Waals surface area contributed by atoms with Crippen LogP contribution in [0.25, 0.3) is 0 Å². The van der Waals surface area contributed by atoms with Gasteiger partial charge in [-0.2, -0.15) is 5.10 Å². The predicted octanol–water partition coefficient (Wildman–Crippen LogP) is 0.581. The van der Waals surface area contributed by atoms with Crippen molar-refractivity contribution in [2.75, 3.05) is 26.2 Å². The van der Waals surface area contributed by atoms with E-state index in [-0.39, 0.29) is 12.5 Å². The molecule has 0 radical (unpaired) electrons. The first-order valence-corrected chi connectivity index (χ1v) is 7.86. The van der Waals surface area contributed by atoms with Gasteiger partial charge < -0.3 is 16.0 Å². The van der Waals surface area contributed by atoms with Gasteiger partial charge in [0, 0.05) is 31.9 Å². The number of hydrogen-bond acceptors (Lipinski definition) is 3. The van der Waals surface area contributed by atoms with E-state index in [1.807, 2.05) is 25.5 Å². The molecule has 22 heavy (non-hydrogen) atoms. The third-order valence-corrected chi connectivity index (χ3v) is 3.04. The van der Waals surface area contributed by atoms with Gasteiger partial charge in [0.2, 0.25) is 5.91 Å². The van der Waals surface area contributed by atoms with Crippen LogP contribution in [0.3, 0.4) is 0 Å². The molecule has 1 rings (SSSR count). The molecule has 0 bridgehead atoms. The fourth-order valence-electron chi connectivity index (χ4n) is 2.08. The number of amides is 1. The number of hydrogen-bond donors (Lipinski definition) is 3. The normalized spacial score (nSPS) is 11.4. The van der Waals surface area contributed by atoms with Crippen LogP contribution in [0, 0.1) is 13.8 Å². The fourth-order valence-corrected chi connectivity index (χ4v) is 2.08. The highest BCUT2D eigenvalue weighted by Gasteiger charge is 2.02. The van der Waals surface area contributed by atoms with Crippen LogP contribution < -0.4 is 16.0 Å². The summed E-state index contributed by atoms with van der Waals surface area (Å²) in [6.45, 7) is 11.1. The Morgan fingerprint density at radius 2 is 1.95 bits per heavy atom. The summed E-state index contributed by atoms with van der Waals surface area (Å²) in [5.74, 6) is 0.601. The maximum Gasteiger partial charge on any atom is 0.241 e. The average molecular weight is 308 g/mol. The molecule has 0 fully saturated rings.